The van der Waals surface area contributed by atoms with Crippen LogP contribution in [0.1, 0.15) is 80.1 Å². The molecule has 0 aliphatic carbocycles. The predicted molar refractivity (Wildman–Crippen MR) is 141 cm³/mol. The third-order valence-electron chi connectivity index (χ3n) is 4.05. The van der Waals surface area contributed by atoms with Crippen molar-refractivity contribution < 1.29 is 92.6 Å². The Hall–Kier alpha value is 0.396. The zero-order valence-corrected chi connectivity index (χ0v) is 28.7. The van der Waals surface area contributed by atoms with Crippen LogP contribution in [0.25, 0.3) is 0 Å². The van der Waals surface area contributed by atoms with Crippen LogP contribution in [-0.2, 0) is 55.6 Å². The summed E-state index contributed by atoms with van der Waals surface area (Å²) in [7, 11) is -3.42. The van der Waals surface area contributed by atoms with Crippen LogP contribution in [-0.4, -0.2) is 62.4 Å². The van der Waals surface area contributed by atoms with Gasteiger partial charge in [-0.1, -0.05) is 38.5 Å². The van der Waals surface area contributed by atoms with Gasteiger partial charge in [0.1, 0.15) is 0 Å². The Morgan fingerprint density at radius 3 is 1.50 bits per heavy atom. The summed E-state index contributed by atoms with van der Waals surface area (Å²) in [4.78, 5) is 42.9. The van der Waals surface area contributed by atoms with E-state index in [9.17, 15) is 27.6 Å². The number of hydrogen-bond donors (Lipinski definition) is 0. The van der Waals surface area contributed by atoms with Crippen LogP contribution >= 0.6 is 11.8 Å². The van der Waals surface area contributed by atoms with Gasteiger partial charge in [-0.2, -0.15) is 8.42 Å². The van der Waals surface area contributed by atoms with E-state index < -0.39 is 10.1 Å². The summed E-state index contributed by atoms with van der Waals surface area (Å²) in [5.41, 5.74) is 0. The number of rotatable bonds is 15. The minimum absolute atomic E-state index is 0. The first-order valence-electron chi connectivity index (χ1n) is 11.7. The molecule has 0 aliphatic rings. The van der Waals surface area contributed by atoms with Gasteiger partial charge in [0.2, 0.25) is 0 Å². The quantitative estimate of drug-likeness (QED) is 0.116. The zero-order valence-electron chi connectivity index (χ0n) is 23.1. The molecule has 0 rings (SSSR count). The Kier molecular flexibility index (Phi) is 34.3. The van der Waals surface area contributed by atoms with E-state index >= 15 is 0 Å². The average Bonchev–Trinajstić information content (AvgIpc) is 2.72. The molecule has 0 aromatic carbocycles. The molecule has 9 nitrogen and oxygen atoms in total. The molecule has 0 amide bonds. The van der Waals surface area contributed by atoms with Gasteiger partial charge in [-0.15, -0.1) is 0 Å². The standard InChI is InChI=1S/C11H20O3S.C10H20O5S.C2H4OS.K/c1-4-6-10(11(13)14-5-2)7-8-15-9(3)12;1-4-6-9(10(11)14-5-2)7-8-15-16(3,12)13;1-2(3)4;/h10H,4-8H2,1-3H3;9H,4-8H2,1-3H3;1H3,(H,3,4);/q;;;+1/p-1/t10-;9-;;/m11../s1. The van der Waals surface area contributed by atoms with Crippen molar-refractivity contribution in [2.75, 3.05) is 31.8 Å². The Morgan fingerprint density at radius 1 is 0.806 bits per heavy atom. The maximum atomic E-state index is 11.5. The summed E-state index contributed by atoms with van der Waals surface area (Å²) in [5.74, 6) is -0.00261. The van der Waals surface area contributed by atoms with Crippen LogP contribution in [0, 0.1) is 11.8 Å². The molecule has 0 N–H and O–H groups in total. The molecule has 0 heterocycles. The van der Waals surface area contributed by atoms with E-state index in [1.807, 2.05) is 20.8 Å². The van der Waals surface area contributed by atoms with Crippen molar-refractivity contribution in [2.45, 2.75) is 80.1 Å². The monoisotopic (exact) mass is 598 g/mol. The molecule has 0 aliphatic heterocycles. The smallest absolute Gasteiger partial charge is 0.742 e. The van der Waals surface area contributed by atoms with Crippen LogP contribution < -0.4 is 51.4 Å². The first kappa shape index (κ1) is 43.4. The number of ether oxygens (including phenoxy) is 2. The van der Waals surface area contributed by atoms with Gasteiger partial charge < -0.3 is 26.9 Å². The molecule has 0 spiro atoms. The maximum absolute atomic E-state index is 11.5. The Balaban J connectivity index is -0.000000242. The van der Waals surface area contributed by atoms with Crippen LogP contribution in [0.15, 0.2) is 0 Å². The van der Waals surface area contributed by atoms with Crippen molar-refractivity contribution in [3.63, 3.8) is 0 Å². The van der Waals surface area contributed by atoms with Gasteiger partial charge in [-0.25, -0.2) is 0 Å². The summed E-state index contributed by atoms with van der Waals surface area (Å²) in [6, 6.07) is 0. The number of hydrogen-bond acceptors (Lipinski definition) is 11. The van der Waals surface area contributed by atoms with Crippen molar-refractivity contribution in [1.82, 2.24) is 0 Å². The Morgan fingerprint density at radius 2 is 1.19 bits per heavy atom. The largest absolute Gasteiger partial charge is 1.00 e. The van der Waals surface area contributed by atoms with Gasteiger partial charge >= 0.3 is 63.3 Å². The van der Waals surface area contributed by atoms with E-state index in [0.717, 1.165) is 31.9 Å². The van der Waals surface area contributed by atoms with E-state index in [-0.39, 0.29) is 92.0 Å². The molecule has 0 aromatic heterocycles. The van der Waals surface area contributed by atoms with Crippen LogP contribution in [0.4, 0.5) is 0 Å². The number of esters is 2. The van der Waals surface area contributed by atoms with Crippen molar-refractivity contribution in [2.24, 2.45) is 11.8 Å². The predicted octanol–water partition coefficient (Wildman–Crippen LogP) is 1.05. The van der Waals surface area contributed by atoms with Crippen LogP contribution in [0.5, 0.6) is 0 Å². The topological polar surface area (TPSA) is 130 Å². The van der Waals surface area contributed by atoms with E-state index in [4.69, 9.17) is 9.47 Å². The van der Waals surface area contributed by atoms with Crippen LogP contribution in [0.3, 0.4) is 0 Å². The first-order chi connectivity index (χ1) is 16.2. The zero-order chi connectivity index (χ0) is 27.9. The second-order valence-electron chi connectivity index (χ2n) is 7.41. The van der Waals surface area contributed by atoms with Gasteiger partial charge in [-0.05, 0) is 46.5 Å². The molecule has 2 atom stereocenters. The van der Waals surface area contributed by atoms with Crippen LogP contribution in [0.2, 0.25) is 0 Å². The summed E-state index contributed by atoms with van der Waals surface area (Å²) in [6.07, 6.45) is 5.45. The Labute approximate surface area is 270 Å². The molecule has 0 unspecified atom stereocenters. The fourth-order valence-electron chi connectivity index (χ4n) is 2.66. The summed E-state index contributed by atoms with van der Waals surface area (Å²) >= 11 is 5.26. The second kappa shape index (κ2) is 28.4. The van der Waals surface area contributed by atoms with Gasteiger partial charge in [0, 0.05) is 17.8 Å². The molecule has 0 fully saturated rings. The molecule has 208 valence electrons. The van der Waals surface area contributed by atoms with Gasteiger partial charge in [-0.3, -0.25) is 18.6 Å². The van der Waals surface area contributed by atoms with Gasteiger partial charge in [0.15, 0.2) is 5.12 Å². The van der Waals surface area contributed by atoms with E-state index in [2.05, 4.69) is 16.8 Å². The van der Waals surface area contributed by atoms with Crippen molar-refractivity contribution in [3.8, 4) is 0 Å². The first-order valence-corrected chi connectivity index (χ1v) is 14.9. The molecular weight excluding hydrogens is 556 g/mol. The second-order valence-corrected chi connectivity index (χ2v) is 10.9. The molecule has 0 saturated carbocycles. The fraction of sp³-hybridized carbons (Fsp3) is 0.826. The maximum Gasteiger partial charge on any atom is 1.00 e. The van der Waals surface area contributed by atoms with Crippen molar-refractivity contribution in [1.29, 1.82) is 0 Å². The molecule has 0 bridgehead atoms. The fourth-order valence-corrected chi connectivity index (χ4v) is 3.75. The minimum atomic E-state index is -3.42. The molecular formula is C23H43KO9S3. The van der Waals surface area contributed by atoms with Crippen molar-refractivity contribution in [3.05, 3.63) is 0 Å². The third-order valence-corrected chi connectivity index (χ3v) is 5.49. The molecule has 0 radical (unpaired) electrons. The minimum Gasteiger partial charge on any atom is -0.742 e. The third kappa shape index (κ3) is 34.4. The summed E-state index contributed by atoms with van der Waals surface area (Å²) in [6.45, 7) is 11.2. The van der Waals surface area contributed by atoms with E-state index in [1.54, 1.807) is 13.8 Å². The van der Waals surface area contributed by atoms with Crippen molar-refractivity contribution >= 4 is 56.7 Å². The van der Waals surface area contributed by atoms with Gasteiger partial charge in [0.25, 0.3) is 10.1 Å². The number of thioether (sulfide) groups is 1. The number of carbonyl (C=O) groups excluding carboxylic acids is 4. The molecule has 36 heavy (non-hydrogen) atoms. The molecule has 0 saturated heterocycles. The summed E-state index contributed by atoms with van der Waals surface area (Å²) < 4.78 is 35.9. The SMILES string of the molecule is CC(=O)[S-].CCC[C@H](CCOS(C)(=O)=O)C(=O)OCC.CCC[C@H](CCSC(C)=O)C(=O)OCC.[K+]. The van der Waals surface area contributed by atoms with E-state index in [1.165, 1.54) is 18.7 Å². The average molecular weight is 599 g/mol. The van der Waals surface area contributed by atoms with E-state index in [0.29, 0.717) is 31.8 Å². The number of carbonyl (C=O) groups is 4. The summed E-state index contributed by atoms with van der Waals surface area (Å²) in [5, 5.41) is -0.144. The van der Waals surface area contributed by atoms with Gasteiger partial charge in [0.05, 0.1) is 37.9 Å². The molecule has 0 aromatic rings. The molecule has 13 heteroatoms. The normalized spacial score (nSPS) is 11.8. The Bertz CT molecular complexity index is 697.